The number of hydrogen-bond acceptors (Lipinski definition) is 3. The molecule has 1 rings (SSSR count). The molecule has 1 N–H and O–H groups in total. The maximum absolute atomic E-state index is 12.4. The van der Waals surface area contributed by atoms with E-state index in [0.717, 1.165) is 0 Å². The molecular weight excluding hydrogens is 274 g/mol. The standard InChI is InChI=1S/C12H18ClNO3S/c1-4-14(5-2)18(16,17)12-7-11(13)6-10(8-15)9(12)3/h6-7,15H,4-5,8H2,1-3H3. The van der Waals surface area contributed by atoms with Gasteiger partial charge in [-0.2, -0.15) is 4.31 Å². The summed E-state index contributed by atoms with van der Waals surface area (Å²) >= 11 is 5.90. The second kappa shape index (κ2) is 6.02. The number of benzene rings is 1. The molecule has 6 heteroatoms. The Balaban J connectivity index is 3.45. The molecule has 0 aliphatic carbocycles. The molecule has 0 bridgehead atoms. The van der Waals surface area contributed by atoms with Crippen LogP contribution in [0.25, 0.3) is 0 Å². The average molecular weight is 292 g/mol. The minimum Gasteiger partial charge on any atom is -0.392 e. The van der Waals surface area contributed by atoms with E-state index in [1.165, 1.54) is 10.4 Å². The highest BCUT2D eigenvalue weighted by atomic mass is 35.5. The fourth-order valence-corrected chi connectivity index (χ4v) is 3.90. The number of nitrogens with zero attached hydrogens (tertiary/aromatic N) is 1. The van der Waals surface area contributed by atoms with Gasteiger partial charge < -0.3 is 5.11 Å². The zero-order chi connectivity index (χ0) is 13.9. The van der Waals surface area contributed by atoms with Gasteiger partial charge in [-0.05, 0) is 30.2 Å². The molecule has 102 valence electrons. The molecule has 0 amide bonds. The van der Waals surface area contributed by atoms with Gasteiger partial charge in [-0.25, -0.2) is 8.42 Å². The summed E-state index contributed by atoms with van der Waals surface area (Å²) in [4.78, 5) is 0.169. The Kier molecular flexibility index (Phi) is 5.16. The topological polar surface area (TPSA) is 57.6 Å². The largest absolute Gasteiger partial charge is 0.392 e. The van der Waals surface area contributed by atoms with E-state index in [1.807, 2.05) is 0 Å². The molecule has 0 saturated heterocycles. The Morgan fingerprint density at radius 1 is 1.28 bits per heavy atom. The van der Waals surface area contributed by atoms with E-state index >= 15 is 0 Å². The zero-order valence-electron chi connectivity index (χ0n) is 10.8. The van der Waals surface area contributed by atoms with Crippen molar-refractivity contribution in [3.63, 3.8) is 0 Å². The van der Waals surface area contributed by atoms with Gasteiger partial charge in [0, 0.05) is 18.1 Å². The Bertz CT molecular complexity index is 524. The first-order chi connectivity index (χ1) is 8.38. The summed E-state index contributed by atoms with van der Waals surface area (Å²) in [7, 11) is -3.55. The van der Waals surface area contributed by atoms with Crippen LogP contribution in [0.2, 0.25) is 5.02 Å². The molecule has 0 heterocycles. The molecule has 0 aromatic heterocycles. The van der Waals surface area contributed by atoms with Crippen LogP contribution in [0.3, 0.4) is 0 Å². The molecule has 0 saturated carbocycles. The Labute approximate surface area is 113 Å². The van der Waals surface area contributed by atoms with E-state index in [4.69, 9.17) is 11.6 Å². The third kappa shape index (κ3) is 2.85. The smallest absolute Gasteiger partial charge is 0.243 e. The molecule has 18 heavy (non-hydrogen) atoms. The fraction of sp³-hybridized carbons (Fsp3) is 0.500. The highest BCUT2D eigenvalue weighted by Crippen LogP contribution is 2.26. The maximum atomic E-state index is 12.4. The molecule has 0 aliphatic rings. The molecule has 0 aliphatic heterocycles. The van der Waals surface area contributed by atoms with Crippen molar-refractivity contribution < 1.29 is 13.5 Å². The number of sulfonamides is 1. The summed E-state index contributed by atoms with van der Waals surface area (Å²) in [5.41, 5.74) is 1.09. The molecular formula is C12H18ClNO3S. The Morgan fingerprint density at radius 3 is 2.28 bits per heavy atom. The van der Waals surface area contributed by atoms with Gasteiger partial charge in [0.25, 0.3) is 0 Å². The highest BCUT2D eigenvalue weighted by molar-refractivity contribution is 7.89. The molecule has 0 radical (unpaired) electrons. The summed E-state index contributed by atoms with van der Waals surface area (Å²) in [6, 6.07) is 3.02. The van der Waals surface area contributed by atoms with Crippen molar-refractivity contribution in [1.82, 2.24) is 4.31 Å². The van der Waals surface area contributed by atoms with E-state index in [-0.39, 0.29) is 11.5 Å². The quantitative estimate of drug-likeness (QED) is 0.904. The van der Waals surface area contributed by atoms with Gasteiger partial charge in [-0.15, -0.1) is 0 Å². The van der Waals surface area contributed by atoms with Crippen molar-refractivity contribution in [3.05, 3.63) is 28.3 Å². The number of halogens is 1. The van der Waals surface area contributed by atoms with Gasteiger partial charge >= 0.3 is 0 Å². The lowest BCUT2D eigenvalue weighted by Crippen LogP contribution is -2.31. The van der Waals surface area contributed by atoms with Crippen LogP contribution in [0.1, 0.15) is 25.0 Å². The predicted molar refractivity (Wildman–Crippen MR) is 72.2 cm³/mol. The number of rotatable bonds is 5. The molecule has 1 aromatic rings. The predicted octanol–water partition coefficient (Wildman–Crippen LogP) is 2.17. The van der Waals surface area contributed by atoms with E-state index in [2.05, 4.69) is 0 Å². The first-order valence-electron chi connectivity index (χ1n) is 5.78. The van der Waals surface area contributed by atoms with Crippen molar-refractivity contribution in [2.45, 2.75) is 32.3 Å². The van der Waals surface area contributed by atoms with Crippen LogP contribution in [-0.2, 0) is 16.6 Å². The average Bonchev–Trinajstić information content (AvgIpc) is 2.32. The number of aliphatic hydroxyl groups excluding tert-OH is 1. The van der Waals surface area contributed by atoms with Gasteiger partial charge in [0.2, 0.25) is 10.0 Å². The lowest BCUT2D eigenvalue weighted by atomic mass is 10.1. The summed E-state index contributed by atoms with van der Waals surface area (Å²) < 4.78 is 26.2. The van der Waals surface area contributed by atoms with Crippen LogP contribution >= 0.6 is 11.6 Å². The monoisotopic (exact) mass is 291 g/mol. The SMILES string of the molecule is CCN(CC)S(=O)(=O)c1cc(Cl)cc(CO)c1C. The highest BCUT2D eigenvalue weighted by Gasteiger charge is 2.25. The van der Waals surface area contributed by atoms with Gasteiger partial charge in [0.1, 0.15) is 0 Å². The third-order valence-electron chi connectivity index (χ3n) is 2.93. The Hall–Kier alpha value is -0.620. The van der Waals surface area contributed by atoms with Crippen LogP contribution in [0.4, 0.5) is 0 Å². The molecule has 0 spiro atoms. The van der Waals surface area contributed by atoms with Crippen molar-refractivity contribution in [2.24, 2.45) is 0 Å². The van der Waals surface area contributed by atoms with Gasteiger partial charge in [-0.3, -0.25) is 0 Å². The van der Waals surface area contributed by atoms with E-state index in [9.17, 15) is 13.5 Å². The van der Waals surface area contributed by atoms with Crippen molar-refractivity contribution >= 4 is 21.6 Å². The summed E-state index contributed by atoms with van der Waals surface area (Å²) in [6.07, 6.45) is 0. The molecule has 4 nitrogen and oxygen atoms in total. The fourth-order valence-electron chi connectivity index (χ4n) is 1.84. The molecule has 1 aromatic carbocycles. The summed E-state index contributed by atoms with van der Waals surface area (Å²) in [6.45, 7) is 5.83. The van der Waals surface area contributed by atoms with Crippen LogP contribution in [0.5, 0.6) is 0 Å². The van der Waals surface area contributed by atoms with Crippen LogP contribution in [0, 0.1) is 6.92 Å². The number of hydrogen-bond donors (Lipinski definition) is 1. The van der Waals surface area contributed by atoms with Crippen LogP contribution < -0.4 is 0 Å². The normalized spacial score (nSPS) is 12.1. The van der Waals surface area contributed by atoms with Crippen LogP contribution in [-0.4, -0.2) is 30.9 Å². The molecule has 0 unspecified atom stereocenters. The maximum Gasteiger partial charge on any atom is 0.243 e. The second-order valence-corrected chi connectivity index (χ2v) is 6.28. The van der Waals surface area contributed by atoms with Gasteiger partial charge in [0.15, 0.2) is 0 Å². The number of aliphatic hydroxyl groups is 1. The van der Waals surface area contributed by atoms with Gasteiger partial charge in [-0.1, -0.05) is 25.4 Å². The summed E-state index contributed by atoms with van der Waals surface area (Å²) in [5, 5.41) is 9.53. The zero-order valence-corrected chi connectivity index (χ0v) is 12.3. The van der Waals surface area contributed by atoms with Crippen molar-refractivity contribution in [2.75, 3.05) is 13.1 Å². The van der Waals surface area contributed by atoms with E-state index < -0.39 is 10.0 Å². The lowest BCUT2D eigenvalue weighted by Gasteiger charge is -2.20. The van der Waals surface area contributed by atoms with Crippen LogP contribution in [0.15, 0.2) is 17.0 Å². The van der Waals surface area contributed by atoms with Crippen molar-refractivity contribution in [3.8, 4) is 0 Å². The van der Waals surface area contributed by atoms with Crippen molar-refractivity contribution in [1.29, 1.82) is 0 Å². The first kappa shape index (κ1) is 15.4. The van der Waals surface area contributed by atoms with E-state index in [1.54, 1.807) is 26.8 Å². The lowest BCUT2D eigenvalue weighted by molar-refractivity contribution is 0.280. The molecule has 0 atom stereocenters. The third-order valence-corrected chi connectivity index (χ3v) is 5.32. The minimum absolute atomic E-state index is 0.169. The van der Waals surface area contributed by atoms with E-state index in [0.29, 0.717) is 29.2 Å². The Morgan fingerprint density at radius 2 is 1.83 bits per heavy atom. The minimum atomic E-state index is -3.55. The first-order valence-corrected chi connectivity index (χ1v) is 7.60. The second-order valence-electron chi connectivity index (χ2n) is 3.94. The van der Waals surface area contributed by atoms with Gasteiger partial charge in [0.05, 0.1) is 11.5 Å². The molecule has 0 fully saturated rings. The summed E-state index contributed by atoms with van der Waals surface area (Å²) in [5.74, 6) is 0.